The smallest absolute Gasteiger partial charge is 0.319 e. The Kier molecular flexibility index (Phi) is 5.67. The summed E-state index contributed by atoms with van der Waals surface area (Å²) in [6.07, 6.45) is 5.97. The van der Waals surface area contributed by atoms with Crippen LogP contribution in [0, 0.1) is 5.92 Å². The molecule has 0 bridgehead atoms. The molecule has 2 aliphatic rings. The topological polar surface area (TPSA) is 72.9 Å². The predicted octanol–water partition coefficient (Wildman–Crippen LogP) is 1.19. The Hall–Kier alpha value is -1.30. The third kappa shape index (κ3) is 4.35. The van der Waals surface area contributed by atoms with E-state index in [1.165, 1.54) is 0 Å². The van der Waals surface area contributed by atoms with Crippen molar-refractivity contribution in [1.82, 2.24) is 15.1 Å². The monoisotopic (exact) mass is 311 g/mol. The van der Waals surface area contributed by atoms with E-state index in [2.05, 4.69) is 5.32 Å². The van der Waals surface area contributed by atoms with Crippen LogP contribution in [-0.4, -0.2) is 66.2 Å². The van der Waals surface area contributed by atoms with Gasteiger partial charge >= 0.3 is 6.03 Å². The SMILES string of the molecule is CN(C)C(=O)N1CCC(C(=O)NCCC2(O)CCCC2)CC1. The van der Waals surface area contributed by atoms with Crippen LogP contribution in [0.2, 0.25) is 0 Å². The van der Waals surface area contributed by atoms with Crippen LogP contribution in [0.3, 0.4) is 0 Å². The van der Waals surface area contributed by atoms with Crippen molar-refractivity contribution in [2.45, 2.75) is 50.5 Å². The van der Waals surface area contributed by atoms with Crippen molar-refractivity contribution in [2.24, 2.45) is 5.92 Å². The number of urea groups is 1. The molecule has 2 fully saturated rings. The van der Waals surface area contributed by atoms with Gasteiger partial charge in [-0.05, 0) is 32.1 Å². The summed E-state index contributed by atoms with van der Waals surface area (Å²) in [6.45, 7) is 1.82. The third-order valence-electron chi connectivity index (χ3n) is 4.94. The zero-order valence-corrected chi connectivity index (χ0v) is 13.8. The highest BCUT2D eigenvalue weighted by Gasteiger charge is 2.31. The number of nitrogens with zero attached hydrogens (tertiary/aromatic N) is 2. The van der Waals surface area contributed by atoms with Gasteiger partial charge in [0.25, 0.3) is 0 Å². The summed E-state index contributed by atoms with van der Waals surface area (Å²) in [6, 6.07) is 0.0160. The van der Waals surface area contributed by atoms with Crippen molar-refractivity contribution in [2.75, 3.05) is 33.7 Å². The Labute approximate surface area is 132 Å². The number of carbonyl (C=O) groups is 2. The number of carbonyl (C=O) groups excluding carboxylic acids is 2. The molecular formula is C16H29N3O3. The van der Waals surface area contributed by atoms with Gasteiger partial charge in [-0.2, -0.15) is 0 Å². The molecule has 126 valence electrons. The molecule has 1 aliphatic carbocycles. The van der Waals surface area contributed by atoms with Crippen LogP contribution in [-0.2, 0) is 4.79 Å². The molecule has 3 amide bonds. The first-order chi connectivity index (χ1) is 10.4. The summed E-state index contributed by atoms with van der Waals surface area (Å²) in [4.78, 5) is 27.4. The van der Waals surface area contributed by atoms with E-state index in [1.54, 1.807) is 23.9 Å². The fraction of sp³-hybridized carbons (Fsp3) is 0.875. The average Bonchev–Trinajstić information content (AvgIpc) is 2.93. The lowest BCUT2D eigenvalue weighted by molar-refractivity contribution is -0.126. The lowest BCUT2D eigenvalue weighted by Crippen LogP contribution is -2.46. The van der Waals surface area contributed by atoms with Crippen LogP contribution in [0.15, 0.2) is 0 Å². The van der Waals surface area contributed by atoms with Crippen molar-refractivity contribution in [3.8, 4) is 0 Å². The molecule has 0 aromatic carbocycles. The van der Waals surface area contributed by atoms with Gasteiger partial charge < -0.3 is 20.2 Å². The van der Waals surface area contributed by atoms with E-state index >= 15 is 0 Å². The highest BCUT2D eigenvalue weighted by Crippen LogP contribution is 2.31. The Balaban J connectivity index is 1.68. The maximum atomic E-state index is 12.2. The molecule has 2 rings (SSSR count). The van der Waals surface area contributed by atoms with Crippen molar-refractivity contribution in [3.63, 3.8) is 0 Å². The summed E-state index contributed by atoms with van der Waals surface area (Å²) in [7, 11) is 3.49. The molecule has 1 saturated carbocycles. The first-order valence-electron chi connectivity index (χ1n) is 8.38. The second-order valence-electron chi connectivity index (χ2n) is 6.91. The van der Waals surface area contributed by atoms with E-state index in [1.807, 2.05) is 0 Å². The fourth-order valence-corrected chi connectivity index (χ4v) is 3.46. The maximum absolute atomic E-state index is 12.2. The molecule has 0 unspecified atom stereocenters. The molecule has 1 heterocycles. The third-order valence-corrected chi connectivity index (χ3v) is 4.94. The van der Waals surface area contributed by atoms with Gasteiger partial charge in [-0.1, -0.05) is 12.8 Å². The number of hydrogen-bond acceptors (Lipinski definition) is 3. The van der Waals surface area contributed by atoms with Gasteiger partial charge in [0.15, 0.2) is 0 Å². The van der Waals surface area contributed by atoms with Gasteiger partial charge in [-0.25, -0.2) is 4.79 Å². The van der Waals surface area contributed by atoms with E-state index in [-0.39, 0.29) is 17.9 Å². The van der Waals surface area contributed by atoms with Crippen LogP contribution in [0.5, 0.6) is 0 Å². The van der Waals surface area contributed by atoms with Crippen molar-refractivity contribution < 1.29 is 14.7 Å². The molecule has 6 heteroatoms. The number of hydrogen-bond donors (Lipinski definition) is 2. The number of piperidine rings is 1. The molecule has 0 atom stereocenters. The Morgan fingerprint density at radius 3 is 2.36 bits per heavy atom. The Morgan fingerprint density at radius 2 is 1.82 bits per heavy atom. The average molecular weight is 311 g/mol. The molecule has 2 N–H and O–H groups in total. The van der Waals surface area contributed by atoms with Crippen LogP contribution in [0.25, 0.3) is 0 Å². The first kappa shape index (κ1) is 17.1. The van der Waals surface area contributed by atoms with Crippen LogP contribution < -0.4 is 5.32 Å². The summed E-state index contributed by atoms with van der Waals surface area (Å²) >= 11 is 0. The maximum Gasteiger partial charge on any atom is 0.319 e. The molecule has 22 heavy (non-hydrogen) atoms. The van der Waals surface area contributed by atoms with E-state index in [9.17, 15) is 14.7 Å². The van der Waals surface area contributed by atoms with Crippen molar-refractivity contribution >= 4 is 11.9 Å². The standard InChI is InChI=1S/C16H29N3O3/c1-18(2)15(21)19-11-5-13(6-12-19)14(20)17-10-9-16(22)7-3-4-8-16/h13,22H,3-12H2,1-2H3,(H,17,20). The molecule has 0 aromatic heterocycles. The van der Waals surface area contributed by atoms with Crippen molar-refractivity contribution in [1.29, 1.82) is 0 Å². The second-order valence-corrected chi connectivity index (χ2v) is 6.91. The lowest BCUT2D eigenvalue weighted by atomic mass is 9.95. The molecule has 0 spiro atoms. The van der Waals surface area contributed by atoms with Gasteiger partial charge in [0, 0.05) is 39.6 Å². The number of nitrogens with one attached hydrogen (secondary N) is 1. The van der Waals surface area contributed by atoms with Crippen LogP contribution >= 0.6 is 0 Å². The van der Waals surface area contributed by atoms with Crippen LogP contribution in [0.1, 0.15) is 44.9 Å². The summed E-state index contributed by atoms with van der Waals surface area (Å²) in [5.41, 5.74) is -0.561. The normalized spacial score (nSPS) is 21.7. The minimum Gasteiger partial charge on any atom is -0.390 e. The van der Waals surface area contributed by atoms with Gasteiger partial charge in [0.05, 0.1) is 5.60 Å². The quantitative estimate of drug-likeness (QED) is 0.819. The highest BCUT2D eigenvalue weighted by molar-refractivity contribution is 5.79. The number of likely N-dealkylation sites (tertiary alicyclic amines) is 1. The van der Waals surface area contributed by atoms with Crippen LogP contribution in [0.4, 0.5) is 4.79 Å². The lowest BCUT2D eigenvalue weighted by Gasteiger charge is -2.33. The Morgan fingerprint density at radius 1 is 1.23 bits per heavy atom. The molecule has 0 radical (unpaired) electrons. The number of rotatable bonds is 4. The fourth-order valence-electron chi connectivity index (χ4n) is 3.46. The van der Waals surface area contributed by atoms with E-state index < -0.39 is 5.60 Å². The van der Waals surface area contributed by atoms with E-state index in [0.29, 0.717) is 26.1 Å². The minimum absolute atomic E-state index is 0.00978. The molecule has 0 aromatic rings. The molecule has 1 aliphatic heterocycles. The number of aliphatic hydroxyl groups is 1. The molecule has 1 saturated heterocycles. The second kappa shape index (κ2) is 7.31. The molecule has 6 nitrogen and oxygen atoms in total. The van der Waals surface area contributed by atoms with E-state index in [4.69, 9.17) is 0 Å². The Bertz CT molecular complexity index is 397. The van der Waals surface area contributed by atoms with Gasteiger partial charge in [0.1, 0.15) is 0 Å². The zero-order chi connectivity index (χ0) is 16.2. The molecular weight excluding hydrogens is 282 g/mol. The largest absolute Gasteiger partial charge is 0.390 e. The predicted molar refractivity (Wildman–Crippen MR) is 84.4 cm³/mol. The van der Waals surface area contributed by atoms with Gasteiger partial charge in [-0.15, -0.1) is 0 Å². The first-order valence-corrected chi connectivity index (χ1v) is 8.38. The number of amides is 3. The van der Waals surface area contributed by atoms with E-state index in [0.717, 1.165) is 38.5 Å². The minimum atomic E-state index is -0.561. The summed E-state index contributed by atoms with van der Waals surface area (Å²) in [5.74, 6) is 0.0583. The van der Waals surface area contributed by atoms with Crippen molar-refractivity contribution in [3.05, 3.63) is 0 Å². The summed E-state index contributed by atoms with van der Waals surface area (Å²) in [5, 5.41) is 13.2. The van der Waals surface area contributed by atoms with Gasteiger partial charge in [0.2, 0.25) is 5.91 Å². The highest BCUT2D eigenvalue weighted by atomic mass is 16.3. The summed E-state index contributed by atoms with van der Waals surface area (Å²) < 4.78 is 0. The zero-order valence-electron chi connectivity index (χ0n) is 13.8. The van der Waals surface area contributed by atoms with Gasteiger partial charge in [-0.3, -0.25) is 4.79 Å².